The molecule has 14 heavy (non-hydrogen) atoms. The Morgan fingerprint density at radius 3 is 2.29 bits per heavy atom. The van der Waals surface area contributed by atoms with Gasteiger partial charge in [-0.1, -0.05) is 11.6 Å². The zero-order valence-electron chi connectivity index (χ0n) is 8.04. The van der Waals surface area contributed by atoms with Crippen molar-refractivity contribution >= 4 is 17.4 Å². The third kappa shape index (κ3) is 2.12. The van der Waals surface area contributed by atoms with Crippen molar-refractivity contribution in [1.82, 2.24) is 0 Å². The Morgan fingerprint density at radius 2 is 1.86 bits per heavy atom. The van der Waals surface area contributed by atoms with E-state index < -0.39 is 5.41 Å². The molecule has 0 aliphatic carbocycles. The van der Waals surface area contributed by atoms with Gasteiger partial charge in [-0.15, -0.1) is 0 Å². The number of halogens is 1. The minimum absolute atomic E-state index is 0.184. The molecular weight excluding hydrogens is 198 g/mol. The van der Waals surface area contributed by atoms with Crippen molar-refractivity contribution in [3.63, 3.8) is 0 Å². The second-order valence-electron chi connectivity index (χ2n) is 3.57. The lowest BCUT2D eigenvalue weighted by Crippen LogP contribution is -2.21. The molecule has 72 valence electrons. The molecule has 1 aromatic carbocycles. The second-order valence-corrected chi connectivity index (χ2v) is 4.01. The van der Waals surface area contributed by atoms with E-state index in [-0.39, 0.29) is 5.78 Å². The van der Waals surface area contributed by atoms with Crippen LogP contribution in [0.25, 0.3) is 0 Å². The fraction of sp³-hybridized carbons (Fsp3) is 0.273. The van der Waals surface area contributed by atoms with E-state index in [1.165, 1.54) is 0 Å². The molecule has 1 rings (SSSR count). The maximum Gasteiger partial charge on any atom is 0.182 e. The van der Waals surface area contributed by atoms with Gasteiger partial charge in [-0.25, -0.2) is 0 Å². The van der Waals surface area contributed by atoms with E-state index in [9.17, 15) is 4.79 Å². The van der Waals surface area contributed by atoms with Gasteiger partial charge >= 0.3 is 0 Å². The van der Waals surface area contributed by atoms with Crippen LogP contribution >= 0.6 is 11.6 Å². The van der Waals surface area contributed by atoms with E-state index in [1.54, 1.807) is 38.1 Å². The van der Waals surface area contributed by atoms with Crippen LogP contribution in [-0.2, 0) is 0 Å². The third-order valence-corrected chi connectivity index (χ3v) is 2.21. The first kappa shape index (κ1) is 10.7. The SMILES string of the molecule is CC(C)(C#N)C(=O)c1ccc(Cl)cc1. The molecule has 0 amide bonds. The lowest BCUT2D eigenvalue weighted by atomic mass is 9.86. The van der Waals surface area contributed by atoms with Crippen LogP contribution < -0.4 is 0 Å². The zero-order valence-corrected chi connectivity index (χ0v) is 8.80. The molecule has 0 aliphatic rings. The molecule has 0 aliphatic heterocycles. The van der Waals surface area contributed by atoms with Crippen LogP contribution in [0.5, 0.6) is 0 Å². The Morgan fingerprint density at radius 1 is 1.36 bits per heavy atom. The number of carbonyl (C=O) groups excluding carboxylic acids is 1. The van der Waals surface area contributed by atoms with Crippen LogP contribution in [-0.4, -0.2) is 5.78 Å². The summed E-state index contributed by atoms with van der Waals surface area (Å²) >= 11 is 5.69. The summed E-state index contributed by atoms with van der Waals surface area (Å²) in [6.45, 7) is 3.20. The number of hydrogen-bond acceptors (Lipinski definition) is 2. The second kappa shape index (κ2) is 3.81. The van der Waals surface area contributed by atoms with Gasteiger partial charge in [0.2, 0.25) is 0 Å². The fourth-order valence-corrected chi connectivity index (χ4v) is 1.14. The normalized spacial score (nSPS) is 10.7. The standard InChI is InChI=1S/C11H10ClNO/c1-11(2,7-13)10(14)8-3-5-9(12)6-4-8/h3-6H,1-2H3. The Hall–Kier alpha value is -1.33. The minimum atomic E-state index is -0.978. The van der Waals surface area contributed by atoms with Crippen molar-refractivity contribution in [1.29, 1.82) is 5.26 Å². The van der Waals surface area contributed by atoms with Crippen LogP contribution in [0.2, 0.25) is 5.02 Å². The Kier molecular flexibility index (Phi) is 2.93. The average Bonchev–Trinajstić information content (AvgIpc) is 2.18. The maximum atomic E-state index is 11.7. The number of hydrogen-bond donors (Lipinski definition) is 0. The van der Waals surface area contributed by atoms with E-state index >= 15 is 0 Å². The molecule has 0 bridgehead atoms. The molecule has 0 aromatic heterocycles. The number of carbonyl (C=O) groups is 1. The predicted molar refractivity (Wildman–Crippen MR) is 55.2 cm³/mol. The molecule has 0 heterocycles. The smallest absolute Gasteiger partial charge is 0.182 e. The van der Waals surface area contributed by atoms with E-state index in [4.69, 9.17) is 16.9 Å². The van der Waals surface area contributed by atoms with E-state index in [0.717, 1.165) is 0 Å². The number of nitriles is 1. The van der Waals surface area contributed by atoms with Gasteiger partial charge in [-0.05, 0) is 38.1 Å². The highest BCUT2D eigenvalue weighted by molar-refractivity contribution is 6.30. The third-order valence-electron chi connectivity index (χ3n) is 1.95. The van der Waals surface area contributed by atoms with E-state index in [0.29, 0.717) is 10.6 Å². The Balaban J connectivity index is 3.03. The first-order valence-electron chi connectivity index (χ1n) is 4.19. The van der Waals surface area contributed by atoms with Crippen molar-refractivity contribution in [2.45, 2.75) is 13.8 Å². The molecule has 3 heteroatoms. The number of Topliss-reactive ketones (excluding diaryl/α,β-unsaturated/α-hetero) is 1. The topological polar surface area (TPSA) is 40.9 Å². The summed E-state index contributed by atoms with van der Waals surface area (Å²) < 4.78 is 0. The summed E-state index contributed by atoms with van der Waals surface area (Å²) in [6, 6.07) is 8.51. The minimum Gasteiger partial charge on any atom is -0.292 e. The monoisotopic (exact) mass is 207 g/mol. The lowest BCUT2D eigenvalue weighted by molar-refractivity contribution is 0.0892. The first-order chi connectivity index (χ1) is 6.47. The van der Waals surface area contributed by atoms with Crippen molar-refractivity contribution in [2.24, 2.45) is 5.41 Å². The van der Waals surface area contributed by atoms with E-state index in [2.05, 4.69) is 0 Å². The summed E-state index contributed by atoms with van der Waals surface area (Å²) in [7, 11) is 0. The van der Waals surface area contributed by atoms with Gasteiger partial charge in [-0.2, -0.15) is 5.26 Å². The summed E-state index contributed by atoms with van der Waals surface area (Å²) in [5.41, 5.74) is -0.464. The van der Waals surface area contributed by atoms with Crippen LogP contribution in [0.15, 0.2) is 24.3 Å². The molecule has 0 saturated heterocycles. The highest BCUT2D eigenvalue weighted by Crippen LogP contribution is 2.21. The van der Waals surface area contributed by atoms with Gasteiger partial charge in [0.05, 0.1) is 6.07 Å². The highest BCUT2D eigenvalue weighted by atomic mass is 35.5. The van der Waals surface area contributed by atoms with E-state index in [1.807, 2.05) is 6.07 Å². The number of ketones is 1. The summed E-state index contributed by atoms with van der Waals surface area (Å²) in [5.74, 6) is -0.184. The van der Waals surface area contributed by atoms with Gasteiger partial charge in [-0.3, -0.25) is 4.79 Å². The van der Waals surface area contributed by atoms with Crippen LogP contribution in [0.3, 0.4) is 0 Å². The van der Waals surface area contributed by atoms with Crippen molar-refractivity contribution in [3.8, 4) is 6.07 Å². The summed E-state index contributed by atoms with van der Waals surface area (Å²) in [6.07, 6.45) is 0. The van der Waals surface area contributed by atoms with Crippen LogP contribution in [0.1, 0.15) is 24.2 Å². The lowest BCUT2D eigenvalue weighted by Gasteiger charge is -2.13. The molecule has 0 saturated carbocycles. The summed E-state index contributed by atoms with van der Waals surface area (Å²) in [5, 5.41) is 9.36. The Labute approximate surface area is 88.1 Å². The molecule has 0 fully saturated rings. The summed E-state index contributed by atoms with van der Waals surface area (Å²) in [4.78, 5) is 11.7. The zero-order chi connectivity index (χ0) is 10.8. The first-order valence-corrected chi connectivity index (χ1v) is 4.57. The molecular formula is C11H10ClNO. The number of nitrogens with zero attached hydrogens (tertiary/aromatic N) is 1. The fourth-order valence-electron chi connectivity index (χ4n) is 1.01. The number of rotatable bonds is 2. The highest BCUT2D eigenvalue weighted by Gasteiger charge is 2.27. The number of benzene rings is 1. The molecule has 2 nitrogen and oxygen atoms in total. The van der Waals surface area contributed by atoms with Gasteiger partial charge < -0.3 is 0 Å². The largest absolute Gasteiger partial charge is 0.292 e. The van der Waals surface area contributed by atoms with Crippen LogP contribution in [0, 0.1) is 16.7 Å². The van der Waals surface area contributed by atoms with Crippen molar-refractivity contribution in [3.05, 3.63) is 34.9 Å². The molecule has 0 atom stereocenters. The van der Waals surface area contributed by atoms with Crippen molar-refractivity contribution in [2.75, 3.05) is 0 Å². The van der Waals surface area contributed by atoms with Crippen LogP contribution in [0.4, 0.5) is 0 Å². The average molecular weight is 208 g/mol. The molecule has 1 aromatic rings. The molecule has 0 unspecified atom stereocenters. The molecule has 0 spiro atoms. The maximum absolute atomic E-state index is 11.7. The quantitative estimate of drug-likeness (QED) is 0.700. The van der Waals surface area contributed by atoms with Gasteiger partial charge in [0, 0.05) is 10.6 Å². The van der Waals surface area contributed by atoms with Gasteiger partial charge in [0.15, 0.2) is 5.78 Å². The Bertz CT molecular complexity index is 387. The van der Waals surface area contributed by atoms with Gasteiger partial charge in [0.1, 0.15) is 5.41 Å². The molecule has 0 N–H and O–H groups in total. The van der Waals surface area contributed by atoms with Gasteiger partial charge in [0.25, 0.3) is 0 Å². The predicted octanol–water partition coefficient (Wildman–Crippen LogP) is 3.07. The van der Waals surface area contributed by atoms with Crippen molar-refractivity contribution < 1.29 is 4.79 Å². The molecule has 0 radical (unpaired) electrons.